The number of aryl methyl sites for hydroxylation is 1. The molecule has 1 rings (SSSR count). The number of hydrogen-bond donors (Lipinski definition) is 2. The van der Waals surface area contributed by atoms with Crippen LogP contribution in [0.5, 0.6) is 0 Å². The van der Waals surface area contributed by atoms with Crippen molar-refractivity contribution in [2.24, 2.45) is 5.73 Å². The average Bonchev–Trinajstić information content (AvgIpc) is 2.34. The highest BCUT2D eigenvalue weighted by molar-refractivity contribution is 5.50. The first kappa shape index (κ1) is 13.9. The van der Waals surface area contributed by atoms with Crippen LogP contribution in [0.1, 0.15) is 30.2 Å². The maximum atomic E-state index is 8.90. The highest BCUT2D eigenvalue weighted by Gasteiger charge is 2.14. The second-order valence-electron chi connectivity index (χ2n) is 4.07. The summed E-state index contributed by atoms with van der Waals surface area (Å²) in [6, 6.07) is 0. The van der Waals surface area contributed by atoms with Gasteiger partial charge in [0.05, 0.1) is 5.69 Å². The Morgan fingerprint density at radius 2 is 2.00 bits per heavy atom. The van der Waals surface area contributed by atoms with E-state index < -0.39 is 0 Å². The molecule has 17 heavy (non-hydrogen) atoms. The van der Waals surface area contributed by atoms with Gasteiger partial charge in [0, 0.05) is 31.8 Å². The van der Waals surface area contributed by atoms with Crippen LogP contribution in [0.3, 0.4) is 0 Å². The number of aromatic nitrogens is 2. The first-order chi connectivity index (χ1) is 8.15. The van der Waals surface area contributed by atoms with Crippen LogP contribution in [-0.4, -0.2) is 35.0 Å². The molecule has 0 saturated carbocycles. The summed E-state index contributed by atoms with van der Waals surface area (Å²) >= 11 is 0. The molecule has 0 radical (unpaired) electrons. The summed E-state index contributed by atoms with van der Waals surface area (Å²) in [5, 5.41) is 17.3. The van der Waals surface area contributed by atoms with Crippen LogP contribution in [0.25, 0.3) is 0 Å². The van der Waals surface area contributed by atoms with Gasteiger partial charge in [0.25, 0.3) is 0 Å². The van der Waals surface area contributed by atoms with E-state index in [0.717, 1.165) is 42.1 Å². The third kappa shape index (κ3) is 3.14. The zero-order valence-corrected chi connectivity index (χ0v) is 10.9. The predicted molar refractivity (Wildman–Crippen MR) is 69.0 cm³/mol. The van der Waals surface area contributed by atoms with Crippen LogP contribution in [0.2, 0.25) is 0 Å². The number of aliphatic hydroxyl groups excluding tert-OH is 1. The molecule has 1 heterocycles. The Labute approximate surface area is 103 Å². The van der Waals surface area contributed by atoms with Gasteiger partial charge in [0.1, 0.15) is 0 Å². The van der Waals surface area contributed by atoms with Crippen LogP contribution in [0, 0.1) is 13.8 Å². The van der Waals surface area contributed by atoms with Gasteiger partial charge in [0.15, 0.2) is 5.82 Å². The molecule has 0 aliphatic carbocycles. The molecule has 0 unspecified atom stereocenters. The van der Waals surface area contributed by atoms with Crippen molar-refractivity contribution < 1.29 is 5.11 Å². The van der Waals surface area contributed by atoms with Crippen molar-refractivity contribution in [2.75, 3.05) is 24.6 Å². The average molecular weight is 238 g/mol. The molecule has 5 heteroatoms. The first-order valence-corrected chi connectivity index (χ1v) is 6.04. The van der Waals surface area contributed by atoms with E-state index in [-0.39, 0.29) is 6.61 Å². The van der Waals surface area contributed by atoms with Crippen molar-refractivity contribution in [2.45, 2.75) is 33.7 Å². The van der Waals surface area contributed by atoms with Crippen molar-refractivity contribution in [3.8, 4) is 0 Å². The molecule has 0 saturated heterocycles. The highest BCUT2D eigenvalue weighted by atomic mass is 16.3. The molecule has 0 bridgehead atoms. The van der Waals surface area contributed by atoms with Gasteiger partial charge in [0.2, 0.25) is 0 Å². The Morgan fingerprint density at radius 1 is 1.29 bits per heavy atom. The van der Waals surface area contributed by atoms with Gasteiger partial charge in [-0.15, -0.1) is 5.10 Å². The van der Waals surface area contributed by atoms with Crippen molar-refractivity contribution >= 4 is 5.82 Å². The second-order valence-corrected chi connectivity index (χ2v) is 4.07. The van der Waals surface area contributed by atoms with Gasteiger partial charge in [-0.2, -0.15) is 5.10 Å². The predicted octanol–water partition coefficient (Wildman–Crippen LogP) is 0.761. The van der Waals surface area contributed by atoms with E-state index >= 15 is 0 Å². The lowest BCUT2D eigenvalue weighted by Gasteiger charge is -2.24. The van der Waals surface area contributed by atoms with E-state index in [1.807, 2.05) is 13.8 Å². The molecule has 0 aliphatic heterocycles. The summed E-state index contributed by atoms with van der Waals surface area (Å²) in [7, 11) is 0. The normalized spacial score (nSPS) is 10.6. The minimum absolute atomic E-state index is 0.187. The second kappa shape index (κ2) is 6.51. The van der Waals surface area contributed by atoms with Crippen molar-refractivity contribution in [1.82, 2.24) is 10.2 Å². The van der Waals surface area contributed by atoms with Crippen molar-refractivity contribution in [1.29, 1.82) is 0 Å². The molecular formula is C12H22N4O. The van der Waals surface area contributed by atoms with Gasteiger partial charge in [-0.1, -0.05) is 0 Å². The Bertz CT molecular complexity index is 368. The minimum atomic E-state index is 0.187. The number of aliphatic hydroxyl groups is 1. The molecule has 5 nitrogen and oxygen atoms in total. The summed E-state index contributed by atoms with van der Waals surface area (Å²) < 4.78 is 0. The van der Waals surface area contributed by atoms with Gasteiger partial charge in [-0.05, 0) is 32.8 Å². The number of nitrogens with two attached hydrogens (primary N) is 1. The monoisotopic (exact) mass is 238 g/mol. The molecule has 0 fully saturated rings. The molecule has 0 spiro atoms. The smallest absolute Gasteiger partial charge is 0.156 e. The lowest BCUT2D eigenvalue weighted by Crippen LogP contribution is -2.28. The molecule has 3 N–H and O–H groups in total. The molecule has 96 valence electrons. The quantitative estimate of drug-likeness (QED) is 0.765. The molecule has 0 aliphatic rings. The third-order valence-corrected chi connectivity index (χ3v) is 3.03. The van der Waals surface area contributed by atoms with Crippen LogP contribution >= 0.6 is 0 Å². The van der Waals surface area contributed by atoms with Crippen molar-refractivity contribution in [3.05, 3.63) is 16.8 Å². The van der Waals surface area contributed by atoms with Crippen LogP contribution in [-0.2, 0) is 6.54 Å². The first-order valence-electron chi connectivity index (χ1n) is 6.04. The van der Waals surface area contributed by atoms with Crippen LogP contribution < -0.4 is 10.6 Å². The fraction of sp³-hybridized carbons (Fsp3) is 0.667. The highest BCUT2D eigenvalue weighted by Crippen LogP contribution is 2.21. The van der Waals surface area contributed by atoms with Crippen LogP contribution in [0.15, 0.2) is 0 Å². The van der Waals surface area contributed by atoms with Gasteiger partial charge in [-0.25, -0.2) is 0 Å². The molecule has 0 amide bonds. The Morgan fingerprint density at radius 3 is 2.53 bits per heavy atom. The number of hydrogen-bond acceptors (Lipinski definition) is 5. The molecule has 1 aromatic heterocycles. The van der Waals surface area contributed by atoms with Crippen molar-refractivity contribution in [3.63, 3.8) is 0 Å². The zero-order chi connectivity index (χ0) is 12.8. The fourth-order valence-electron chi connectivity index (χ4n) is 1.82. The van der Waals surface area contributed by atoms with E-state index in [4.69, 9.17) is 10.8 Å². The minimum Gasteiger partial charge on any atom is -0.396 e. The summed E-state index contributed by atoms with van der Waals surface area (Å²) in [6.07, 6.45) is 0.729. The zero-order valence-electron chi connectivity index (χ0n) is 10.9. The lowest BCUT2D eigenvalue weighted by atomic mass is 10.1. The van der Waals surface area contributed by atoms with E-state index in [0.29, 0.717) is 6.54 Å². The fourth-order valence-corrected chi connectivity index (χ4v) is 1.82. The Kier molecular flexibility index (Phi) is 5.31. The molecular weight excluding hydrogens is 216 g/mol. The van der Waals surface area contributed by atoms with E-state index in [1.165, 1.54) is 0 Å². The Hall–Kier alpha value is -1.20. The largest absolute Gasteiger partial charge is 0.396 e. The van der Waals surface area contributed by atoms with Gasteiger partial charge in [-0.3, -0.25) is 0 Å². The van der Waals surface area contributed by atoms with E-state index in [2.05, 4.69) is 22.0 Å². The van der Waals surface area contributed by atoms with Gasteiger partial charge >= 0.3 is 0 Å². The van der Waals surface area contributed by atoms with Crippen LogP contribution in [0.4, 0.5) is 5.82 Å². The number of anilines is 1. The summed E-state index contributed by atoms with van der Waals surface area (Å²) in [6.45, 7) is 8.29. The third-order valence-electron chi connectivity index (χ3n) is 3.03. The standard InChI is InChI=1S/C12H22N4O/c1-4-16(6-5-7-17)12-11(8-13)9(2)10(3)14-15-12/h17H,4-8,13H2,1-3H3. The molecule has 0 aromatic carbocycles. The summed E-state index contributed by atoms with van der Waals surface area (Å²) in [5.41, 5.74) is 8.89. The molecule has 0 atom stereocenters. The molecule has 1 aromatic rings. The lowest BCUT2D eigenvalue weighted by molar-refractivity contribution is 0.289. The summed E-state index contributed by atoms with van der Waals surface area (Å²) in [4.78, 5) is 2.11. The SMILES string of the molecule is CCN(CCCO)c1nnc(C)c(C)c1CN. The summed E-state index contributed by atoms with van der Waals surface area (Å²) in [5.74, 6) is 0.853. The Balaban J connectivity index is 3.06. The van der Waals surface area contributed by atoms with E-state index in [9.17, 15) is 0 Å². The topological polar surface area (TPSA) is 75.3 Å². The number of rotatable bonds is 6. The maximum Gasteiger partial charge on any atom is 0.156 e. The van der Waals surface area contributed by atoms with Gasteiger partial charge < -0.3 is 15.7 Å². The maximum absolute atomic E-state index is 8.90. The van der Waals surface area contributed by atoms with E-state index in [1.54, 1.807) is 0 Å². The number of nitrogens with zero attached hydrogens (tertiary/aromatic N) is 3.